The van der Waals surface area contributed by atoms with Gasteiger partial charge in [-0.25, -0.2) is 0 Å². The Labute approximate surface area is 140 Å². The van der Waals surface area contributed by atoms with E-state index in [-0.39, 0.29) is 5.91 Å². The molecule has 1 aromatic carbocycles. The minimum absolute atomic E-state index is 0.0918. The lowest BCUT2D eigenvalue weighted by Gasteiger charge is -2.08. The summed E-state index contributed by atoms with van der Waals surface area (Å²) < 4.78 is 1.95. The van der Waals surface area contributed by atoms with Crippen LogP contribution in [0.15, 0.2) is 36.5 Å². The number of benzene rings is 1. The van der Waals surface area contributed by atoms with Crippen LogP contribution in [0, 0.1) is 20.8 Å². The van der Waals surface area contributed by atoms with Crippen LogP contribution in [0.1, 0.15) is 38.6 Å². The zero-order valence-corrected chi connectivity index (χ0v) is 14.1. The number of amides is 1. The number of nitrogens with zero attached hydrogens (tertiary/aromatic N) is 3. The largest absolute Gasteiger partial charge is 0.348 e. The number of hydrogen-bond acceptors (Lipinski definition) is 3. The monoisotopic (exact) mass is 323 g/mol. The number of H-pyrrole nitrogens is 1. The van der Waals surface area contributed by atoms with Crippen LogP contribution >= 0.6 is 0 Å². The fourth-order valence-corrected chi connectivity index (χ4v) is 2.65. The normalized spacial score (nSPS) is 10.8. The second kappa shape index (κ2) is 6.70. The van der Waals surface area contributed by atoms with E-state index in [1.807, 2.05) is 55.8 Å². The van der Waals surface area contributed by atoms with Gasteiger partial charge >= 0.3 is 0 Å². The molecule has 1 amide bonds. The molecule has 124 valence electrons. The van der Waals surface area contributed by atoms with Gasteiger partial charge in [-0.2, -0.15) is 10.2 Å². The number of rotatable bonds is 5. The van der Waals surface area contributed by atoms with Gasteiger partial charge in [-0.3, -0.25) is 14.6 Å². The third-order valence-corrected chi connectivity index (χ3v) is 4.00. The maximum absolute atomic E-state index is 12.4. The summed E-state index contributed by atoms with van der Waals surface area (Å²) in [6.07, 6.45) is 1.73. The Bertz CT molecular complexity index is 862. The summed E-state index contributed by atoms with van der Waals surface area (Å²) in [5, 5.41) is 14.2. The van der Waals surface area contributed by atoms with E-state index in [1.54, 1.807) is 6.20 Å². The summed E-state index contributed by atoms with van der Waals surface area (Å²) >= 11 is 0. The van der Waals surface area contributed by atoms with Crippen LogP contribution in [0.25, 0.3) is 0 Å². The van der Waals surface area contributed by atoms with Crippen molar-refractivity contribution in [3.05, 3.63) is 70.3 Å². The molecule has 0 saturated carbocycles. The second-order valence-corrected chi connectivity index (χ2v) is 5.99. The van der Waals surface area contributed by atoms with Crippen molar-refractivity contribution >= 4 is 5.91 Å². The van der Waals surface area contributed by atoms with Crippen molar-refractivity contribution in [3.63, 3.8) is 0 Å². The average molecular weight is 323 g/mol. The molecule has 0 bridgehead atoms. The lowest BCUT2D eigenvalue weighted by molar-refractivity contribution is 0.0951. The molecule has 0 aliphatic heterocycles. The average Bonchev–Trinajstić information content (AvgIpc) is 3.10. The van der Waals surface area contributed by atoms with E-state index in [2.05, 4.69) is 20.6 Å². The number of aromatic nitrogens is 4. The summed E-state index contributed by atoms with van der Waals surface area (Å²) in [6, 6.07) is 9.69. The molecule has 0 unspecified atom stereocenters. The summed E-state index contributed by atoms with van der Waals surface area (Å²) in [5.41, 5.74) is 5.76. The Morgan fingerprint density at radius 3 is 2.75 bits per heavy atom. The second-order valence-electron chi connectivity index (χ2n) is 5.99. The van der Waals surface area contributed by atoms with E-state index in [9.17, 15) is 4.79 Å². The van der Waals surface area contributed by atoms with E-state index >= 15 is 0 Å². The summed E-state index contributed by atoms with van der Waals surface area (Å²) in [4.78, 5) is 12.4. The van der Waals surface area contributed by atoms with Crippen LogP contribution in [0.2, 0.25) is 0 Å². The fourth-order valence-electron chi connectivity index (χ4n) is 2.65. The first kappa shape index (κ1) is 16.0. The number of nitrogens with one attached hydrogen (secondary N) is 2. The van der Waals surface area contributed by atoms with E-state index < -0.39 is 0 Å². The van der Waals surface area contributed by atoms with Gasteiger partial charge in [0, 0.05) is 29.1 Å². The van der Waals surface area contributed by atoms with Crippen LogP contribution in [-0.2, 0) is 13.1 Å². The lowest BCUT2D eigenvalue weighted by atomic mass is 10.1. The first-order valence-electron chi connectivity index (χ1n) is 7.90. The van der Waals surface area contributed by atoms with Crippen molar-refractivity contribution in [2.75, 3.05) is 0 Å². The molecule has 0 spiro atoms. The van der Waals surface area contributed by atoms with E-state index in [0.29, 0.717) is 18.7 Å². The molecule has 0 fully saturated rings. The number of aryl methyl sites for hydroxylation is 3. The van der Waals surface area contributed by atoms with Gasteiger partial charge in [-0.05, 0) is 44.5 Å². The summed E-state index contributed by atoms with van der Waals surface area (Å²) in [6.45, 7) is 7.06. The molecule has 0 saturated heterocycles. The Kier molecular flexibility index (Phi) is 4.46. The molecule has 0 aliphatic carbocycles. The molecule has 6 nitrogen and oxygen atoms in total. The minimum Gasteiger partial charge on any atom is -0.348 e. The number of hydrogen-bond donors (Lipinski definition) is 2. The van der Waals surface area contributed by atoms with Gasteiger partial charge in [0.25, 0.3) is 5.91 Å². The van der Waals surface area contributed by atoms with Crippen LogP contribution in [-0.4, -0.2) is 25.9 Å². The predicted molar refractivity (Wildman–Crippen MR) is 91.7 cm³/mol. The highest BCUT2D eigenvalue weighted by Gasteiger charge is 2.09. The standard InChI is InChI=1S/C18H21N5O/c1-12-7-13(2)23(22-12)11-15-5-4-6-16(8-15)18(24)19-9-17-10-20-21-14(17)3/h4-8,10H,9,11H2,1-3H3,(H,19,24)(H,20,21). The molecule has 0 aliphatic rings. The number of carbonyl (C=O) groups excluding carboxylic acids is 1. The first-order chi connectivity index (χ1) is 11.5. The van der Waals surface area contributed by atoms with Crippen LogP contribution in [0.3, 0.4) is 0 Å². The van der Waals surface area contributed by atoms with Crippen molar-refractivity contribution in [3.8, 4) is 0 Å². The van der Waals surface area contributed by atoms with Gasteiger partial charge in [-0.1, -0.05) is 12.1 Å². The SMILES string of the molecule is Cc1cc(C)n(Cc2cccc(C(=O)NCc3cn[nH]c3C)c2)n1. The Morgan fingerprint density at radius 1 is 1.25 bits per heavy atom. The van der Waals surface area contributed by atoms with Gasteiger partial charge in [0.15, 0.2) is 0 Å². The van der Waals surface area contributed by atoms with Gasteiger partial charge in [0.05, 0.1) is 18.4 Å². The number of aromatic amines is 1. The third kappa shape index (κ3) is 3.53. The molecule has 0 radical (unpaired) electrons. The van der Waals surface area contributed by atoms with Crippen LogP contribution in [0.4, 0.5) is 0 Å². The van der Waals surface area contributed by atoms with Gasteiger partial charge in [-0.15, -0.1) is 0 Å². The van der Waals surface area contributed by atoms with Crippen LogP contribution in [0.5, 0.6) is 0 Å². The highest BCUT2D eigenvalue weighted by Crippen LogP contribution is 2.10. The molecule has 2 N–H and O–H groups in total. The third-order valence-electron chi connectivity index (χ3n) is 4.00. The van der Waals surface area contributed by atoms with Crippen molar-refractivity contribution in [1.82, 2.24) is 25.3 Å². The smallest absolute Gasteiger partial charge is 0.251 e. The molecule has 24 heavy (non-hydrogen) atoms. The van der Waals surface area contributed by atoms with E-state index in [4.69, 9.17) is 0 Å². The molecule has 3 aromatic rings. The molecular weight excluding hydrogens is 302 g/mol. The Morgan fingerprint density at radius 2 is 2.08 bits per heavy atom. The summed E-state index contributed by atoms with van der Waals surface area (Å²) in [5.74, 6) is -0.0918. The molecule has 3 rings (SSSR count). The molecule has 6 heteroatoms. The quantitative estimate of drug-likeness (QED) is 0.757. The Hall–Kier alpha value is -2.89. The van der Waals surface area contributed by atoms with Gasteiger partial charge in [0.1, 0.15) is 0 Å². The van der Waals surface area contributed by atoms with E-state index in [1.165, 1.54) is 0 Å². The van der Waals surface area contributed by atoms with Crippen molar-refractivity contribution in [2.24, 2.45) is 0 Å². The predicted octanol–water partition coefficient (Wildman–Crippen LogP) is 2.51. The number of carbonyl (C=O) groups is 1. The van der Waals surface area contributed by atoms with E-state index in [0.717, 1.165) is 28.2 Å². The van der Waals surface area contributed by atoms with Gasteiger partial charge < -0.3 is 5.32 Å². The fraction of sp³-hybridized carbons (Fsp3) is 0.278. The molecule has 2 aromatic heterocycles. The zero-order valence-electron chi connectivity index (χ0n) is 14.1. The minimum atomic E-state index is -0.0918. The van der Waals surface area contributed by atoms with Crippen molar-refractivity contribution < 1.29 is 4.79 Å². The molecule has 2 heterocycles. The molecule has 0 atom stereocenters. The first-order valence-corrected chi connectivity index (χ1v) is 7.90. The topological polar surface area (TPSA) is 75.6 Å². The lowest BCUT2D eigenvalue weighted by Crippen LogP contribution is -2.23. The summed E-state index contributed by atoms with van der Waals surface area (Å²) in [7, 11) is 0. The van der Waals surface area contributed by atoms with Crippen molar-refractivity contribution in [1.29, 1.82) is 0 Å². The maximum atomic E-state index is 12.4. The Balaban J connectivity index is 1.69. The highest BCUT2D eigenvalue weighted by atomic mass is 16.1. The van der Waals surface area contributed by atoms with Gasteiger partial charge in [0.2, 0.25) is 0 Å². The zero-order chi connectivity index (χ0) is 17.1. The molecular formula is C18H21N5O. The van der Waals surface area contributed by atoms with Crippen LogP contribution < -0.4 is 5.32 Å². The maximum Gasteiger partial charge on any atom is 0.251 e. The van der Waals surface area contributed by atoms with Crippen molar-refractivity contribution in [2.45, 2.75) is 33.9 Å². The highest BCUT2D eigenvalue weighted by molar-refractivity contribution is 5.94.